The maximum Gasteiger partial charge on any atom is 0.0198 e. The molecule has 0 aliphatic heterocycles. The van der Waals surface area contributed by atoms with Crippen molar-refractivity contribution in [2.45, 2.75) is 50.0 Å². The molecule has 122 valence electrons. The van der Waals surface area contributed by atoms with Gasteiger partial charge in [-0.25, -0.2) is 0 Å². The van der Waals surface area contributed by atoms with Gasteiger partial charge in [-0.2, -0.15) is 25.3 Å². The Bertz CT molecular complexity index is 210. The second-order valence-electron chi connectivity index (χ2n) is 6.99. The summed E-state index contributed by atoms with van der Waals surface area (Å²) in [7, 11) is 2.20. The molecule has 0 rings (SSSR count). The van der Waals surface area contributed by atoms with Crippen LogP contribution in [0.5, 0.6) is 0 Å². The van der Waals surface area contributed by atoms with Crippen molar-refractivity contribution in [1.82, 2.24) is 15.5 Å². The van der Waals surface area contributed by atoms with Crippen molar-refractivity contribution >= 4 is 25.3 Å². The molecule has 5 heteroatoms. The molecule has 0 fully saturated rings. The van der Waals surface area contributed by atoms with Crippen LogP contribution in [0.1, 0.15) is 40.5 Å². The van der Waals surface area contributed by atoms with Gasteiger partial charge in [0.15, 0.2) is 0 Å². The lowest BCUT2D eigenvalue weighted by Gasteiger charge is -2.20. The van der Waals surface area contributed by atoms with Crippen LogP contribution in [0.25, 0.3) is 0 Å². The smallest absolute Gasteiger partial charge is 0.0198 e. The van der Waals surface area contributed by atoms with Gasteiger partial charge in [-0.1, -0.05) is 0 Å². The summed E-state index contributed by atoms with van der Waals surface area (Å²) < 4.78 is 0.163. The van der Waals surface area contributed by atoms with E-state index < -0.39 is 0 Å². The molecule has 0 radical (unpaired) electrons. The molecule has 3 nitrogen and oxygen atoms in total. The van der Waals surface area contributed by atoms with E-state index in [4.69, 9.17) is 0 Å². The molecule has 0 heterocycles. The number of hydrogen-bond acceptors (Lipinski definition) is 5. The Balaban J connectivity index is 3.35. The molecule has 2 N–H and O–H groups in total. The van der Waals surface area contributed by atoms with Crippen molar-refractivity contribution in [3.05, 3.63) is 0 Å². The summed E-state index contributed by atoms with van der Waals surface area (Å²) in [6.07, 6.45) is 2.38. The lowest BCUT2D eigenvalue weighted by Crippen LogP contribution is -2.34. The van der Waals surface area contributed by atoms with Crippen LogP contribution in [0.2, 0.25) is 0 Å². The van der Waals surface area contributed by atoms with E-state index in [2.05, 4.69) is 75.5 Å². The zero-order valence-corrected chi connectivity index (χ0v) is 15.8. The van der Waals surface area contributed by atoms with Gasteiger partial charge in [0.25, 0.3) is 0 Å². The summed E-state index contributed by atoms with van der Waals surface area (Å²) in [4.78, 5) is 2.40. The molecule has 0 atom stereocenters. The highest BCUT2D eigenvalue weighted by Crippen LogP contribution is 2.09. The van der Waals surface area contributed by atoms with Crippen LogP contribution in [0.3, 0.4) is 0 Å². The quantitative estimate of drug-likeness (QED) is 0.328. The second-order valence-corrected chi connectivity index (χ2v) is 9.41. The molecule has 0 aromatic carbocycles. The lowest BCUT2D eigenvalue weighted by molar-refractivity contribution is 0.319. The fraction of sp³-hybridized carbons (Fsp3) is 1.00. The second kappa shape index (κ2) is 10.3. The summed E-state index contributed by atoms with van der Waals surface area (Å²) in [5.74, 6) is 0. The Morgan fingerprint density at radius 3 is 1.45 bits per heavy atom. The monoisotopic (exact) mass is 321 g/mol. The molecule has 0 saturated heterocycles. The van der Waals surface area contributed by atoms with Gasteiger partial charge < -0.3 is 15.5 Å². The van der Waals surface area contributed by atoms with Crippen LogP contribution in [0.15, 0.2) is 0 Å². The maximum atomic E-state index is 4.50. The van der Waals surface area contributed by atoms with Crippen molar-refractivity contribution in [2.24, 2.45) is 0 Å². The van der Waals surface area contributed by atoms with E-state index in [-0.39, 0.29) is 9.49 Å². The molecule has 0 saturated carbocycles. The fourth-order valence-corrected chi connectivity index (χ4v) is 2.07. The summed E-state index contributed by atoms with van der Waals surface area (Å²) in [5, 5.41) is 6.90. The molecule has 0 bridgehead atoms. The molecular formula is C15H35N3S2. The third-order valence-electron chi connectivity index (χ3n) is 2.90. The van der Waals surface area contributed by atoms with Gasteiger partial charge in [0.05, 0.1) is 0 Å². The highest BCUT2D eigenvalue weighted by molar-refractivity contribution is 7.82. The molecule has 20 heavy (non-hydrogen) atoms. The van der Waals surface area contributed by atoms with Crippen LogP contribution in [-0.4, -0.2) is 60.7 Å². The van der Waals surface area contributed by atoms with Gasteiger partial charge in [0.2, 0.25) is 0 Å². The average Bonchev–Trinajstić information content (AvgIpc) is 2.25. The van der Waals surface area contributed by atoms with E-state index in [1.807, 2.05) is 0 Å². The van der Waals surface area contributed by atoms with E-state index in [9.17, 15) is 0 Å². The summed E-state index contributed by atoms with van der Waals surface area (Å²) in [5.41, 5.74) is 0. The summed E-state index contributed by atoms with van der Waals surface area (Å²) >= 11 is 9.00. The van der Waals surface area contributed by atoms with Crippen molar-refractivity contribution < 1.29 is 0 Å². The minimum absolute atomic E-state index is 0.0817. The first-order valence-electron chi connectivity index (χ1n) is 7.65. The highest BCUT2D eigenvalue weighted by Gasteiger charge is 2.10. The van der Waals surface area contributed by atoms with Crippen LogP contribution in [0.4, 0.5) is 0 Å². The predicted molar refractivity (Wildman–Crippen MR) is 98.6 cm³/mol. The molecule has 0 aliphatic carbocycles. The first-order chi connectivity index (χ1) is 9.10. The van der Waals surface area contributed by atoms with Crippen molar-refractivity contribution in [3.8, 4) is 0 Å². The summed E-state index contributed by atoms with van der Waals surface area (Å²) in [6.45, 7) is 14.9. The van der Waals surface area contributed by atoms with Gasteiger partial charge in [-0.05, 0) is 73.8 Å². The van der Waals surface area contributed by atoms with Crippen LogP contribution >= 0.6 is 25.3 Å². The predicted octanol–water partition coefficient (Wildman–Crippen LogP) is 2.29. The zero-order valence-electron chi connectivity index (χ0n) is 14.0. The van der Waals surface area contributed by atoms with Crippen LogP contribution in [-0.2, 0) is 0 Å². The van der Waals surface area contributed by atoms with E-state index >= 15 is 0 Å². The lowest BCUT2D eigenvalue weighted by atomic mass is 10.2. The Kier molecular flexibility index (Phi) is 10.6. The van der Waals surface area contributed by atoms with E-state index in [1.165, 1.54) is 12.8 Å². The van der Waals surface area contributed by atoms with Gasteiger partial charge in [-0.3, -0.25) is 0 Å². The van der Waals surface area contributed by atoms with Crippen molar-refractivity contribution in [2.75, 3.05) is 46.3 Å². The number of thiol groups is 2. The van der Waals surface area contributed by atoms with Gasteiger partial charge in [0.1, 0.15) is 0 Å². The Labute approximate surface area is 137 Å². The SMILES string of the molecule is CN(CCCNCC(C)(C)S)CCCNCC(C)(C)S. The van der Waals surface area contributed by atoms with Gasteiger partial charge in [-0.15, -0.1) is 0 Å². The number of hydrogen-bond donors (Lipinski definition) is 4. The van der Waals surface area contributed by atoms with Crippen molar-refractivity contribution in [3.63, 3.8) is 0 Å². The Hall–Kier alpha value is 0.580. The largest absolute Gasteiger partial charge is 0.315 e. The molecular weight excluding hydrogens is 286 g/mol. The Morgan fingerprint density at radius 2 is 1.15 bits per heavy atom. The third kappa shape index (κ3) is 16.6. The Morgan fingerprint density at radius 1 is 0.800 bits per heavy atom. The standard InChI is InChI=1S/C15H35N3S2/c1-14(2,19)12-16-8-6-10-18(5)11-7-9-17-13-15(3,4)20/h16-17,19-20H,6-13H2,1-5H3. The van der Waals surface area contributed by atoms with E-state index in [0.717, 1.165) is 39.3 Å². The average molecular weight is 322 g/mol. The molecule has 0 aromatic rings. The highest BCUT2D eigenvalue weighted by atomic mass is 32.1. The van der Waals surface area contributed by atoms with Gasteiger partial charge in [0, 0.05) is 22.6 Å². The third-order valence-corrected chi connectivity index (χ3v) is 3.22. The molecule has 0 unspecified atom stereocenters. The molecule has 0 aromatic heterocycles. The summed E-state index contributed by atoms with van der Waals surface area (Å²) in [6, 6.07) is 0. The zero-order chi connectivity index (χ0) is 15.6. The number of nitrogens with zero attached hydrogens (tertiary/aromatic N) is 1. The maximum absolute atomic E-state index is 4.50. The van der Waals surface area contributed by atoms with E-state index in [0.29, 0.717) is 0 Å². The van der Waals surface area contributed by atoms with Crippen LogP contribution < -0.4 is 10.6 Å². The first-order valence-corrected chi connectivity index (χ1v) is 8.54. The molecule has 0 spiro atoms. The molecule has 0 aliphatic rings. The minimum Gasteiger partial charge on any atom is -0.315 e. The van der Waals surface area contributed by atoms with Crippen molar-refractivity contribution in [1.29, 1.82) is 0 Å². The van der Waals surface area contributed by atoms with E-state index in [1.54, 1.807) is 0 Å². The minimum atomic E-state index is 0.0817. The molecule has 0 amide bonds. The number of nitrogens with one attached hydrogen (secondary N) is 2. The normalized spacial score (nSPS) is 13.2. The van der Waals surface area contributed by atoms with Gasteiger partial charge >= 0.3 is 0 Å². The number of rotatable bonds is 12. The van der Waals surface area contributed by atoms with Crippen LogP contribution in [0, 0.1) is 0 Å². The first kappa shape index (κ1) is 20.6. The fourth-order valence-electron chi connectivity index (χ4n) is 1.85. The topological polar surface area (TPSA) is 27.3 Å².